The maximum atomic E-state index is 10.6. The van der Waals surface area contributed by atoms with Gasteiger partial charge in [-0.3, -0.25) is 0 Å². The number of nitrogens with zero attached hydrogens (tertiary/aromatic N) is 1. The molecule has 1 N–H and O–H groups in total. The van der Waals surface area contributed by atoms with Crippen molar-refractivity contribution in [3.05, 3.63) is 29.8 Å². The first kappa shape index (κ1) is 11.6. The molecular weight excluding hydrogens is 210 g/mol. The Hall–Kier alpha value is -1.47. The maximum absolute atomic E-state index is 10.6. The van der Waals surface area contributed by atoms with E-state index in [-0.39, 0.29) is 0 Å². The van der Waals surface area contributed by atoms with Crippen molar-refractivity contribution in [2.24, 2.45) is 0 Å². The number of carboxylic acid groups (broad SMARTS) is 1. The van der Waals surface area contributed by atoms with E-state index in [1.807, 2.05) is 0 Å². The van der Waals surface area contributed by atoms with Crippen molar-refractivity contribution in [3.63, 3.8) is 0 Å². The maximum Gasteiger partial charge on any atom is 0.335 e. The summed E-state index contributed by atoms with van der Waals surface area (Å²) in [5, 5.41) is 17.0. The van der Waals surface area contributed by atoms with Gasteiger partial charge in [0.1, 0.15) is 0 Å². The zero-order valence-corrected chi connectivity index (χ0v) is 8.96. The Labute approximate surface area is 92.7 Å². The van der Waals surface area contributed by atoms with Gasteiger partial charge in [-0.25, -0.2) is 4.79 Å². The van der Waals surface area contributed by atoms with Crippen LogP contribution in [-0.2, 0) is 0 Å². The van der Waals surface area contributed by atoms with Crippen molar-refractivity contribution in [3.8, 4) is 6.07 Å². The van der Waals surface area contributed by atoms with Crippen LogP contribution in [0.5, 0.6) is 0 Å². The summed E-state index contributed by atoms with van der Waals surface area (Å²) >= 11 is 1.64. The highest BCUT2D eigenvalue weighted by atomic mass is 32.2. The number of hydrogen-bond donors (Lipinski definition) is 1. The van der Waals surface area contributed by atoms with E-state index in [9.17, 15) is 4.79 Å². The summed E-state index contributed by atoms with van der Waals surface area (Å²) in [7, 11) is 0. The van der Waals surface area contributed by atoms with Crippen LogP contribution >= 0.6 is 11.8 Å². The molecule has 0 aliphatic carbocycles. The third kappa shape index (κ3) is 4.05. The number of aromatic carboxylic acids is 1. The topological polar surface area (TPSA) is 61.1 Å². The largest absolute Gasteiger partial charge is 0.478 e. The molecule has 0 saturated heterocycles. The van der Waals surface area contributed by atoms with Gasteiger partial charge < -0.3 is 5.11 Å². The molecule has 78 valence electrons. The molecular formula is C11H11NO2S. The van der Waals surface area contributed by atoms with E-state index in [0.717, 1.165) is 17.1 Å². The molecule has 0 spiro atoms. The molecule has 1 aromatic rings. The summed E-state index contributed by atoms with van der Waals surface area (Å²) in [4.78, 5) is 11.6. The van der Waals surface area contributed by atoms with Gasteiger partial charge in [-0.2, -0.15) is 5.26 Å². The number of rotatable bonds is 5. The molecule has 0 aliphatic rings. The monoisotopic (exact) mass is 221 g/mol. The summed E-state index contributed by atoms with van der Waals surface area (Å²) in [5.41, 5.74) is 0.302. The van der Waals surface area contributed by atoms with Crippen LogP contribution in [0.4, 0.5) is 0 Å². The lowest BCUT2D eigenvalue weighted by Gasteiger charge is -2.00. The van der Waals surface area contributed by atoms with Gasteiger partial charge >= 0.3 is 5.97 Å². The minimum atomic E-state index is -0.906. The van der Waals surface area contributed by atoms with Crippen LogP contribution in [0.25, 0.3) is 0 Å². The first-order chi connectivity index (χ1) is 7.24. The first-order valence-corrected chi connectivity index (χ1v) is 5.55. The Morgan fingerprint density at radius 2 is 2.07 bits per heavy atom. The van der Waals surface area contributed by atoms with E-state index < -0.39 is 5.97 Å². The first-order valence-electron chi connectivity index (χ1n) is 4.57. The smallest absolute Gasteiger partial charge is 0.335 e. The highest BCUT2D eigenvalue weighted by Gasteiger charge is 2.01. The van der Waals surface area contributed by atoms with Crippen LogP contribution < -0.4 is 0 Å². The molecule has 3 nitrogen and oxygen atoms in total. The van der Waals surface area contributed by atoms with Crippen LogP contribution in [0.2, 0.25) is 0 Å². The van der Waals surface area contributed by atoms with Crippen molar-refractivity contribution in [1.82, 2.24) is 0 Å². The van der Waals surface area contributed by atoms with Gasteiger partial charge in [0.15, 0.2) is 0 Å². The van der Waals surface area contributed by atoms with E-state index in [0.29, 0.717) is 12.0 Å². The molecule has 0 aliphatic heterocycles. The van der Waals surface area contributed by atoms with Gasteiger partial charge in [-0.15, -0.1) is 11.8 Å². The minimum absolute atomic E-state index is 0.302. The number of nitriles is 1. The van der Waals surface area contributed by atoms with E-state index in [4.69, 9.17) is 10.4 Å². The van der Waals surface area contributed by atoms with Crippen LogP contribution in [-0.4, -0.2) is 16.8 Å². The molecule has 1 aromatic carbocycles. The van der Waals surface area contributed by atoms with Crippen LogP contribution in [0, 0.1) is 11.3 Å². The molecule has 0 aromatic heterocycles. The Kier molecular flexibility index (Phi) is 4.72. The molecule has 0 fully saturated rings. The van der Waals surface area contributed by atoms with E-state index in [2.05, 4.69) is 6.07 Å². The third-order valence-corrected chi connectivity index (χ3v) is 2.90. The molecule has 1 rings (SSSR count). The minimum Gasteiger partial charge on any atom is -0.478 e. The van der Waals surface area contributed by atoms with Crippen LogP contribution in [0.3, 0.4) is 0 Å². The third-order valence-electron chi connectivity index (χ3n) is 1.80. The Morgan fingerprint density at radius 1 is 1.40 bits per heavy atom. The van der Waals surface area contributed by atoms with Gasteiger partial charge in [0, 0.05) is 11.3 Å². The fraction of sp³-hybridized carbons (Fsp3) is 0.273. The summed E-state index contributed by atoms with van der Waals surface area (Å²) in [5.74, 6) is -0.0176. The van der Waals surface area contributed by atoms with E-state index in [1.54, 1.807) is 36.0 Å². The SMILES string of the molecule is N#CCCCSc1ccc(C(=O)O)cc1. The second-order valence-corrected chi connectivity index (χ2v) is 4.11. The number of benzene rings is 1. The van der Waals surface area contributed by atoms with Gasteiger partial charge in [0.2, 0.25) is 0 Å². The molecule has 0 bridgehead atoms. The number of carbonyl (C=O) groups is 1. The average molecular weight is 221 g/mol. The van der Waals surface area contributed by atoms with Gasteiger partial charge in [-0.05, 0) is 36.4 Å². The zero-order chi connectivity index (χ0) is 11.1. The molecule has 0 atom stereocenters. The van der Waals surface area contributed by atoms with E-state index in [1.165, 1.54) is 0 Å². The lowest BCUT2D eigenvalue weighted by Crippen LogP contribution is -1.94. The molecule has 4 heteroatoms. The highest BCUT2D eigenvalue weighted by molar-refractivity contribution is 7.99. The van der Waals surface area contributed by atoms with Gasteiger partial charge in [0.25, 0.3) is 0 Å². The number of unbranched alkanes of at least 4 members (excludes halogenated alkanes) is 1. The number of carboxylic acids is 1. The standard InChI is InChI=1S/C11H11NO2S/c12-7-1-2-8-15-10-5-3-9(4-6-10)11(13)14/h3-6H,1-2,8H2,(H,13,14). The number of hydrogen-bond acceptors (Lipinski definition) is 3. The zero-order valence-electron chi connectivity index (χ0n) is 8.14. The van der Waals surface area contributed by atoms with Crippen molar-refractivity contribution < 1.29 is 9.90 Å². The summed E-state index contributed by atoms with van der Waals surface area (Å²) in [6.07, 6.45) is 1.43. The average Bonchev–Trinajstić information content (AvgIpc) is 2.25. The summed E-state index contributed by atoms with van der Waals surface area (Å²) in [6, 6.07) is 8.86. The van der Waals surface area contributed by atoms with Gasteiger partial charge in [0.05, 0.1) is 11.6 Å². The molecule has 0 radical (unpaired) electrons. The molecule has 0 amide bonds. The second kappa shape index (κ2) is 6.10. The van der Waals surface area contributed by atoms with Crippen LogP contribution in [0.1, 0.15) is 23.2 Å². The fourth-order valence-electron chi connectivity index (χ4n) is 1.03. The molecule has 0 unspecified atom stereocenters. The lowest BCUT2D eigenvalue weighted by molar-refractivity contribution is 0.0697. The Bertz CT molecular complexity index is 367. The van der Waals surface area contributed by atoms with Crippen molar-refractivity contribution >= 4 is 17.7 Å². The Morgan fingerprint density at radius 3 is 2.60 bits per heavy atom. The molecule has 15 heavy (non-hydrogen) atoms. The van der Waals surface area contributed by atoms with Crippen molar-refractivity contribution in [2.75, 3.05) is 5.75 Å². The second-order valence-electron chi connectivity index (χ2n) is 2.94. The predicted molar refractivity (Wildman–Crippen MR) is 59.0 cm³/mol. The normalized spacial score (nSPS) is 9.53. The molecule has 0 saturated carbocycles. The highest BCUT2D eigenvalue weighted by Crippen LogP contribution is 2.19. The lowest BCUT2D eigenvalue weighted by atomic mass is 10.2. The molecule has 0 heterocycles. The quantitative estimate of drug-likeness (QED) is 0.613. The van der Waals surface area contributed by atoms with Gasteiger partial charge in [-0.1, -0.05) is 0 Å². The number of thioether (sulfide) groups is 1. The van der Waals surface area contributed by atoms with Crippen molar-refractivity contribution in [1.29, 1.82) is 5.26 Å². The fourth-order valence-corrected chi connectivity index (χ4v) is 1.89. The van der Waals surface area contributed by atoms with Crippen molar-refractivity contribution in [2.45, 2.75) is 17.7 Å². The van der Waals surface area contributed by atoms with E-state index >= 15 is 0 Å². The summed E-state index contributed by atoms with van der Waals surface area (Å²) in [6.45, 7) is 0. The Balaban J connectivity index is 2.43. The van der Waals surface area contributed by atoms with Crippen LogP contribution in [0.15, 0.2) is 29.2 Å². The summed E-state index contributed by atoms with van der Waals surface area (Å²) < 4.78 is 0. The predicted octanol–water partition coefficient (Wildman–Crippen LogP) is 2.78.